The predicted octanol–water partition coefficient (Wildman–Crippen LogP) is 8.15. The summed E-state index contributed by atoms with van der Waals surface area (Å²) in [5.74, 6) is 0.232. The number of nitriles is 1. The summed E-state index contributed by atoms with van der Waals surface area (Å²) in [6.45, 7) is 2.86. The van der Waals surface area contributed by atoms with E-state index >= 15 is 0 Å². The lowest BCUT2D eigenvalue weighted by atomic mass is 10.1. The Morgan fingerprint density at radius 2 is 1.71 bits per heavy atom. The molecule has 0 aliphatic heterocycles. The average Bonchev–Trinajstić information content (AvgIpc) is 2.74. The lowest BCUT2D eigenvalue weighted by Crippen LogP contribution is -2.13. The molecule has 2 aromatic carbocycles. The molecule has 4 nitrogen and oxygen atoms in total. The number of amides is 1. The summed E-state index contributed by atoms with van der Waals surface area (Å²) in [4.78, 5) is 12.5. The smallest absolute Gasteiger partial charge is 0.266 e. The van der Waals surface area contributed by atoms with Crippen LogP contribution in [0.2, 0.25) is 5.02 Å². The zero-order valence-corrected chi connectivity index (χ0v) is 21.3. The van der Waals surface area contributed by atoms with Crippen molar-refractivity contribution in [3.05, 3.63) is 61.5 Å². The third kappa shape index (κ3) is 8.68. The summed E-state index contributed by atoms with van der Waals surface area (Å²) in [6, 6.07) is 12.3. The molecule has 7 heteroatoms. The highest BCUT2D eigenvalue weighted by Gasteiger charge is 2.13. The van der Waals surface area contributed by atoms with E-state index in [-0.39, 0.29) is 5.57 Å². The van der Waals surface area contributed by atoms with Crippen molar-refractivity contribution in [2.45, 2.75) is 45.4 Å². The second kappa shape index (κ2) is 13.6. The van der Waals surface area contributed by atoms with Gasteiger partial charge in [-0.25, -0.2) is 0 Å². The number of rotatable bonds is 11. The topological polar surface area (TPSA) is 62.1 Å². The average molecular weight is 569 g/mol. The first kappa shape index (κ1) is 25.5. The van der Waals surface area contributed by atoms with E-state index in [1.165, 1.54) is 31.8 Å². The van der Waals surface area contributed by atoms with Crippen LogP contribution in [0.4, 0.5) is 5.69 Å². The van der Waals surface area contributed by atoms with Crippen molar-refractivity contribution < 1.29 is 9.53 Å². The molecule has 0 fully saturated rings. The predicted molar refractivity (Wildman–Crippen MR) is 134 cm³/mol. The van der Waals surface area contributed by atoms with E-state index in [4.69, 9.17) is 16.3 Å². The fraction of sp³-hybridized carbons (Fsp3) is 0.333. The minimum absolute atomic E-state index is 0.00509. The van der Waals surface area contributed by atoms with Crippen molar-refractivity contribution in [2.75, 3.05) is 11.9 Å². The summed E-state index contributed by atoms with van der Waals surface area (Å²) in [5.41, 5.74) is 1.26. The second-order valence-electron chi connectivity index (χ2n) is 7.06. The molecule has 31 heavy (non-hydrogen) atoms. The first-order valence-corrected chi connectivity index (χ1v) is 12.2. The third-order valence-corrected chi connectivity index (χ3v) is 5.97. The van der Waals surface area contributed by atoms with E-state index in [2.05, 4.69) is 44.1 Å². The van der Waals surface area contributed by atoms with Crippen LogP contribution in [-0.4, -0.2) is 12.5 Å². The van der Waals surface area contributed by atoms with Crippen molar-refractivity contribution in [1.29, 1.82) is 5.26 Å². The van der Waals surface area contributed by atoms with Gasteiger partial charge in [0, 0.05) is 10.7 Å². The van der Waals surface area contributed by atoms with Gasteiger partial charge in [-0.3, -0.25) is 4.79 Å². The molecule has 0 saturated heterocycles. The van der Waals surface area contributed by atoms with Gasteiger partial charge in [0.25, 0.3) is 5.91 Å². The fourth-order valence-electron chi connectivity index (χ4n) is 2.90. The number of ether oxygens (including phenoxy) is 1. The molecule has 164 valence electrons. The lowest BCUT2D eigenvalue weighted by molar-refractivity contribution is -0.112. The quantitative estimate of drug-likeness (QED) is 0.169. The van der Waals surface area contributed by atoms with Gasteiger partial charge in [-0.2, -0.15) is 5.26 Å². The molecule has 0 bridgehead atoms. The van der Waals surface area contributed by atoms with Crippen LogP contribution in [0.5, 0.6) is 5.75 Å². The van der Waals surface area contributed by atoms with Gasteiger partial charge >= 0.3 is 0 Å². The Hall–Kier alpha value is -1.81. The van der Waals surface area contributed by atoms with Crippen molar-refractivity contribution >= 4 is 61.1 Å². The third-order valence-electron chi connectivity index (χ3n) is 4.54. The van der Waals surface area contributed by atoms with Crippen LogP contribution in [0.15, 0.2) is 50.9 Å². The highest BCUT2D eigenvalue weighted by Crippen LogP contribution is 2.35. The zero-order chi connectivity index (χ0) is 22.6. The van der Waals surface area contributed by atoms with Gasteiger partial charge in [0.15, 0.2) is 0 Å². The van der Waals surface area contributed by atoms with E-state index in [0.29, 0.717) is 22.9 Å². The fourth-order valence-corrected chi connectivity index (χ4v) is 4.48. The van der Waals surface area contributed by atoms with E-state index < -0.39 is 5.91 Å². The number of benzene rings is 2. The summed E-state index contributed by atoms with van der Waals surface area (Å²) in [6.07, 6.45) is 8.75. The Labute approximate surface area is 205 Å². The lowest BCUT2D eigenvalue weighted by Gasteiger charge is -2.11. The van der Waals surface area contributed by atoms with E-state index in [1.807, 2.05) is 18.2 Å². The molecule has 0 heterocycles. The summed E-state index contributed by atoms with van der Waals surface area (Å²) in [7, 11) is 0. The van der Waals surface area contributed by atoms with Crippen LogP contribution in [0.25, 0.3) is 6.08 Å². The number of hydrogen-bond donors (Lipinski definition) is 1. The minimum atomic E-state index is -0.486. The van der Waals surface area contributed by atoms with E-state index in [1.54, 1.807) is 24.3 Å². The Morgan fingerprint density at radius 3 is 2.32 bits per heavy atom. The largest absolute Gasteiger partial charge is 0.491 e. The van der Waals surface area contributed by atoms with Crippen LogP contribution in [0.1, 0.15) is 51.0 Å². The van der Waals surface area contributed by atoms with Gasteiger partial charge in [-0.1, -0.05) is 50.6 Å². The molecular weight excluding hydrogens is 544 g/mol. The number of unbranched alkanes of at least 4 members (excludes halogenated alkanes) is 5. The molecule has 0 aromatic heterocycles. The zero-order valence-electron chi connectivity index (χ0n) is 17.4. The standard InChI is InChI=1S/C24H25Br2ClN2O2/c1-2-3-4-5-6-7-12-31-23-21(25)14-17(15-22(23)26)13-18(16-28)24(30)29-20-10-8-19(27)9-11-20/h8-11,13-15H,2-7,12H2,1H3,(H,29,30)/b18-13-. The normalized spacial score (nSPS) is 11.1. The number of halogens is 3. The highest BCUT2D eigenvalue weighted by molar-refractivity contribution is 9.11. The maximum Gasteiger partial charge on any atom is 0.266 e. The van der Waals surface area contributed by atoms with Crippen LogP contribution in [0, 0.1) is 11.3 Å². The summed E-state index contributed by atoms with van der Waals surface area (Å²) in [5, 5.41) is 12.7. The molecule has 2 rings (SSSR count). The molecule has 0 unspecified atom stereocenters. The maximum absolute atomic E-state index is 12.5. The van der Waals surface area contributed by atoms with Crippen LogP contribution < -0.4 is 10.1 Å². The van der Waals surface area contributed by atoms with E-state index in [0.717, 1.165) is 27.5 Å². The molecule has 0 saturated carbocycles. The summed E-state index contributed by atoms with van der Waals surface area (Å²) >= 11 is 12.9. The van der Waals surface area contributed by atoms with Crippen LogP contribution >= 0.6 is 43.5 Å². The van der Waals surface area contributed by atoms with Crippen molar-refractivity contribution in [2.24, 2.45) is 0 Å². The molecular formula is C24H25Br2ClN2O2. The number of carbonyl (C=O) groups excluding carboxylic acids is 1. The molecule has 0 radical (unpaired) electrons. The van der Waals surface area contributed by atoms with Gasteiger partial charge < -0.3 is 10.1 Å². The maximum atomic E-state index is 12.5. The van der Waals surface area contributed by atoms with Crippen molar-refractivity contribution in [3.8, 4) is 11.8 Å². The Bertz CT molecular complexity index is 930. The number of nitrogens with zero attached hydrogens (tertiary/aromatic N) is 1. The van der Waals surface area contributed by atoms with Gasteiger partial charge in [-0.15, -0.1) is 0 Å². The SMILES string of the molecule is CCCCCCCCOc1c(Br)cc(/C=C(/C#N)C(=O)Nc2ccc(Cl)cc2)cc1Br. The van der Waals surface area contributed by atoms with Crippen LogP contribution in [0.3, 0.4) is 0 Å². The van der Waals surface area contributed by atoms with Gasteiger partial charge in [0.2, 0.25) is 0 Å². The molecule has 1 amide bonds. The molecule has 2 aromatic rings. The minimum Gasteiger partial charge on any atom is -0.491 e. The first-order valence-electron chi connectivity index (χ1n) is 10.2. The Kier molecular flexibility index (Phi) is 11.1. The molecule has 0 atom stereocenters. The number of anilines is 1. The first-order chi connectivity index (χ1) is 14.9. The molecule has 0 aliphatic carbocycles. The van der Waals surface area contributed by atoms with E-state index in [9.17, 15) is 10.1 Å². The monoisotopic (exact) mass is 566 g/mol. The molecule has 0 aliphatic rings. The second-order valence-corrected chi connectivity index (χ2v) is 9.21. The van der Waals surface area contributed by atoms with Gasteiger partial charge in [0.1, 0.15) is 17.4 Å². The highest BCUT2D eigenvalue weighted by atomic mass is 79.9. The van der Waals surface area contributed by atoms with Gasteiger partial charge in [0.05, 0.1) is 15.6 Å². The number of hydrogen-bond acceptors (Lipinski definition) is 3. The number of nitrogens with one attached hydrogen (secondary N) is 1. The van der Waals surface area contributed by atoms with Gasteiger partial charge in [-0.05, 0) is 86.3 Å². The van der Waals surface area contributed by atoms with Crippen LogP contribution in [-0.2, 0) is 4.79 Å². The molecule has 1 N–H and O–H groups in total. The Morgan fingerprint density at radius 1 is 1.10 bits per heavy atom. The summed E-state index contributed by atoms with van der Waals surface area (Å²) < 4.78 is 7.44. The number of carbonyl (C=O) groups is 1. The Balaban J connectivity index is 2.01. The van der Waals surface area contributed by atoms with Crippen molar-refractivity contribution in [3.63, 3.8) is 0 Å². The molecule has 0 spiro atoms. The van der Waals surface area contributed by atoms with Crippen molar-refractivity contribution in [1.82, 2.24) is 0 Å².